The van der Waals surface area contributed by atoms with Crippen LogP contribution in [0.1, 0.15) is 17.2 Å². The minimum absolute atomic E-state index is 0.522. The third-order valence-corrected chi connectivity index (χ3v) is 3.69. The molecule has 0 aliphatic heterocycles. The fourth-order valence-corrected chi connectivity index (χ4v) is 2.59. The number of nitrogen functional groups attached to an aromatic ring is 1. The van der Waals surface area contributed by atoms with Gasteiger partial charge < -0.3 is 15.6 Å². The third kappa shape index (κ3) is 2.43. The van der Waals surface area contributed by atoms with Crippen molar-refractivity contribution in [2.24, 2.45) is 0 Å². The molecule has 3 aromatic rings. The average Bonchev–Trinajstić information content (AvgIpc) is 2.53. The number of benzene rings is 3. The molecule has 0 fully saturated rings. The van der Waals surface area contributed by atoms with E-state index in [1.165, 1.54) is 0 Å². The molecule has 0 saturated carbocycles. The van der Waals surface area contributed by atoms with Gasteiger partial charge in [-0.3, -0.25) is 0 Å². The Kier molecular flexibility index (Phi) is 3.50. The van der Waals surface area contributed by atoms with Gasteiger partial charge in [-0.05, 0) is 34.0 Å². The fourth-order valence-electron chi connectivity index (χ4n) is 2.59. The molecular weight excluding hydrogens is 262 g/mol. The SMILES string of the molecule is COc1ccc([C@@H](O)c2cccc3ccccc23)cc1N. The Morgan fingerprint density at radius 1 is 1.00 bits per heavy atom. The van der Waals surface area contributed by atoms with Gasteiger partial charge in [0.15, 0.2) is 0 Å². The van der Waals surface area contributed by atoms with Gasteiger partial charge in [0.1, 0.15) is 11.9 Å². The number of anilines is 1. The first-order chi connectivity index (χ1) is 10.2. The number of fused-ring (bicyclic) bond motifs is 1. The highest BCUT2D eigenvalue weighted by molar-refractivity contribution is 5.86. The number of aliphatic hydroxyl groups is 1. The van der Waals surface area contributed by atoms with E-state index in [-0.39, 0.29) is 0 Å². The first kappa shape index (κ1) is 13.5. The average molecular weight is 279 g/mol. The van der Waals surface area contributed by atoms with Gasteiger partial charge in [0.2, 0.25) is 0 Å². The van der Waals surface area contributed by atoms with E-state index in [9.17, 15) is 5.11 Å². The molecule has 0 saturated heterocycles. The zero-order valence-corrected chi connectivity index (χ0v) is 11.8. The summed E-state index contributed by atoms with van der Waals surface area (Å²) in [5.74, 6) is 0.615. The monoisotopic (exact) mass is 279 g/mol. The molecule has 0 aromatic heterocycles. The van der Waals surface area contributed by atoms with Crippen LogP contribution >= 0.6 is 0 Å². The first-order valence-corrected chi connectivity index (χ1v) is 6.80. The maximum absolute atomic E-state index is 10.7. The Hall–Kier alpha value is -2.52. The molecule has 1 atom stereocenters. The minimum atomic E-state index is -0.718. The normalized spacial score (nSPS) is 12.3. The molecule has 3 nitrogen and oxygen atoms in total. The van der Waals surface area contributed by atoms with Crippen LogP contribution in [0.3, 0.4) is 0 Å². The summed E-state index contributed by atoms with van der Waals surface area (Å²) in [6.45, 7) is 0. The Bertz CT molecular complexity index is 778. The molecule has 0 heterocycles. The van der Waals surface area contributed by atoms with E-state index in [0.29, 0.717) is 11.4 Å². The predicted molar refractivity (Wildman–Crippen MR) is 85.4 cm³/mol. The number of rotatable bonds is 3. The van der Waals surface area contributed by atoms with Crippen molar-refractivity contribution in [3.8, 4) is 5.75 Å². The second-order valence-corrected chi connectivity index (χ2v) is 4.97. The van der Waals surface area contributed by atoms with Crippen LogP contribution in [0.4, 0.5) is 5.69 Å². The molecule has 0 spiro atoms. The van der Waals surface area contributed by atoms with E-state index in [0.717, 1.165) is 21.9 Å². The van der Waals surface area contributed by atoms with E-state index in [2.05, 4.69) is 0 Å². The van der Waals surface area contributed by atoms with Crippen LogP contribution in [0.25, 0.3) is 10.8 Å². The Morgan fingerprint density at radius 3 is 2.52 bits per heavy atom. The largest absolute Gasteiger partial charge is 0.495 e. The number of methoxy groups -OCH3 is 1. The molecule has 0 unspecified atom stereocenters. The van der Waals surface area contributed by atoms with Crippen molar-refractivity contribution >= 4 is 16.5 Å². The van der Waals surface area contributed by atoms with Gasteiger partial charge in [0.25, 0.3) is 0 Å². The molecule has 3 N–H and O–H groups in total. The summed E-state index contributed by atoms with van der Waals surface area (Å²) < 4.78 is 5.15. The van der Waals surface area contributed by atoms with Gasteiger partial charge in [-0.2, -0.15) is 0 Å². The van der Waals surface area contributed by atoms with E-state index in [1.54, 1.807) is 19.2 Å². The number of hydrogen-bond acceptors (Lipinski definition) is 3. The van der Waals surface area contributed by atoms with Crippen LogP contribution in [0.15, 0.2) is 60.7 Å². The molecule has 0 radical (unpaired) electrons. The Balaban J connectivity index is 2.08. The molecule has 0 amide bonds. The second-order valence-electron chi connectivity index (χ2n) is 4.97. The summed E-state index contributed by atoms with van der Waals surface area (Å²) in [5, 5.41) is 12.8. The van der Waals surface area contributed by atoms with Crippen LogP contribution in [0, 0.1) is 0 Å². The Morgan fingerprint density at radius 2 is 1.76 bits per heavy atom. The Labute approximate surface area is 123 Å². The fraction of sp³-hybridized carbons (Fsp3) is 0.111. The lowest BCUT2D eigenvalue weighted by molar-refractivity contribution is 0.222. The smallest absolute Gasteiger partial charge is 0.141 e. The summed E-state index contributed by atoms with van der Waals surface area (Å²) >= 11 is 0. The van der Waals surface area contributed by atoms with Gasteiger partial charge in [-0.1, -0.05) is 48.5 Å². The van der Waals surface area contributed by atoms with Gasteiger partial charge >= 0.3 is 0 Å². The lowest BCUT2D eigenvalue weighted by Crippen LogP contribution is -2.02. The lowest BCUT2D eigenvalue weighted by atomic mass is 9.95. The quantitative estimate of drug-likeness (QED) is 0.721. The molecule has 3 heteroatoms. The van der Waals surface area contributed by atoms with Crippen molar-refractivity contribution < 1.29 is 9.84 Å². The van der Waals surface area contributed by atoms with Crippen LogP contribution in [0.5, 0.6) is 5.75 Å². The van der Waals surface area contributed by atoms with Gasteiger partial charge in [0, 0.05) is 0 Å². The molecule has 3 rings (SSSR count). The van der Waals surface area contributed by atoms with Gasteiger partial charge in [0.05, 0.1) is 12.8 Å². The van der Waals surface area contributed by atoms with Crippen LogP contribution < -0.4 is 10.5 Å². The van der Waals surface area contributed by atoms with Crippen molar-refractivity contribution in [2.45, 2.75) is 6.10 Å². The molecule has 0 aliphatic rings. The second kappa shape index (κ2) is 5.46. The molecule has 0 bridgehead atoms. The highest BCUT2D eigenvalue weighted by Crippen LogP contribution is 2.32. The van der Waals surface area contributed by atoms with Crippen LogP contribution in [-0.4, -0.2) is 12.2 Å². The summed E-state index contributed by atoms with van der Waals surface area (Å²) in [6.07, 6.45) is -0.718. The minimum Gasteiger partial charge on any atom is -0.495 e. The van der Waals surface area contributed by atoms with Gasteiger partial charge in [-0.15, -0.1) is 0 Å². The van der Waals surface area contributed by atoms with Crippen molar-refractivity contribution in [2.75, 3.05) is 12.8 Å². The maximum atomic E-state index is 10.7. The summed E-state index contributed by atoms with van der Waals surface area (Å²) in [5.41, 5.74) is 8.07. The molecule has 3 aromatic carbocycles. The number of aliphatic hydroxyl groups excluding tert-OH is 1. The lowest BCUT2D eigenvalue weighted by Gasteiger charge is -2.15. The third-order valence-electron chi connectivity index (χ3n) is 3.69. The van der Waals surface area contributed by atoms with Crippen molar-refractivity contribution in [1.29, 1.82) is 0 Å². The maximum Gasteiger partial charge on any atom is 0.141 e. The van der Waals surface area contributed by atoms with E-state index in [1.807, 2.05) is 48.5 Å². The highest BCUT2D eigenvalue weighted by atomic mass is 16.5. The molecular formula is C18H17NO2. The molecule has 106 valence electrons. The standard InChI is InChI=1S/C18H17NO2/c1-21-17-10-9-13(11-16(17)19)18(20)15-8-4-6-12-5-2-3-7-14(12)15/h2-11,18,20H,19H2,1H3/t18-/m1/s1. The van der Waals surface area contributed by atoms with Crippen molar-refractivity contribution in [3.05, 3.63) is 71.8 Å². The number of nitrogens with two attached hydrogens (primary N) is 1. The van der Waals surface area contributed by atoms with E-state index < -0.39 is 6.10 Å². The number of hydrogen-bond donors (Lipinski definition) is 2. The summed E-state index contributed by atoms with van der Waals surface area (Å²) in [4.78, 5) is 0. The highest BCUT2D eigenvalue weighted by Gasteiger charge is 2.14. The predicted octanol–water partition coefficient (Wildman–Crippen LogP) is 3.51. The van der Waals surface area contributed by atoms with E-state index in [4.69, 9.17) is 10.5 Å². The van der Waals surface area contributed by atoms with Gasteiger partial charge in [-0.25, -0.2) is 0 Å². The van der Waals surface area contributed by atoms with Crippen molar-refractivity contribution in [1.82, 2.24) is 0 Å². The van der Waals surface area contributed by atoms with Crippen molar-refractivity contribution in [3.63, 3.8) is 0 Å². The zero-order chi connectivity index (χ0) is 14.8. The molecule has 0 aliphatic carbocycles. The first-order valence-electron chi connectivity index (χ1n) is 6.80. The summed E-state index contributed by atoms with van der Waals surface area (Å²) in [7, 11) is 1.58. The number of ether oxygens (including phenoxy) is 1. The van der Waals surface area contributed by atoms with Crippen LogP contribution in [0.2, 0.25) is 0 Å². The van der Waals surface area contributed by atoms with Crippen LogP contribution in [-0.2, 0) is 0 Å². The zero-order valence-electron chi connectivity index (χ0n) is 11.8. The van der Waals surface area contributed by atoms with E-state index >= 15 is 0 Å². The summed E-state index contributed by atoms with van der Waals surface area (Å²) in [6, 6.07) is 19.3. The topological polar surface area (TPSA) is 55.5 Å². The molecule has 21 heavy (non-hydrogen) atoms.